The van der Waals surface area contributed by atoms with Gasteiger partial charge in [-0.3, -0.25) is 0 Å². The van der Waals surface area contributed by atoms with Crippen LogP contribution >= 0.6 is 0 Å². The van der Waals surface area contributed by atoms with Crippen LogP contribution in [0.3, 0.4) is 0 Å². The normalized spacial score (nSPS) is 4.56. The van der Waals surface area contributed by atoms with Gasteiger partial charge in [0.15, 0.2) is 0 Å². The third kappa shape index (κ3) is 628. The van der Waals surface area contributed by atoms with E-state index in [9.17, 15) is 0 Å². The number of rotatable bonds is 0. The summed E-state index contributed by atoms with van der Waals surface area (Å²) in [7, 11) is 0. The van der Waals surface area contributed by atoms with E-state index in [-0.39, 0.29) is 0 Å². The average Bonchev–Trinajstić information content (AvgIpc) is 3.49. The highest BCUT2D eigenvalue weighted by molar-refractivity contribution is 5.20. The number of hydrogen-bond donors (Lipinski definition) is 0. The van der Waals surface area contributed by atoms with Gasteiger partial charge in [0.25, 0.3) is 0 Å². The van der Waals surface area contributed by atoms with Crippen LogP contribution in [0.25, 0.3) is 0 Å². The zero-order chi connectivity index (χ0) is 60.0. The molecule has 0 fully saturated rings. The fourth-order valence-corrected chi connectivity index (χ4v) is 1.27. The maximum Gasteiger partial charge on any atom is -0.0398 e. The summed E-state index contributed by atoms with van der Waals surface area (Å²) >= 11 is 0. The third-order valence-electron chi connectivity index (χ3n) is 2.44. The molecule has 2 aromatic carbocycles. The first-order valence-corrected chi connectivity index (χ1v) is 29.6. The summed E-state index contributed by atoms with van der Waals surface area (Å²) in [4.78, 5) is 0. The van der Waals surface area contributed by atoms with E-state index in [0.29, 0.717) is 0 Å². The lowest BCUT2D eigenvalue weighted by Gasteiger charge is -1.90. The molecule has 0 radical (unpaired) electrons. The van der Waals surface area contributed by atoms with E-state index in [2.05, 4.69) is 76.2 Å². The highest BCUT2D eigenvalue weighted by Crippen LogP contribution is 2.00. The highest BCUT2D eigenvalue weighted by Gasteiger charge is 1.80. The van der Waals surface area contributed by atoms with Gasteiger partial charge in [-0.25, -0.2) is 0 Å². The first-order chi connectivity index (χ1) is 31.6. The van der Waals surface area contributed by atoms with Crippen molar-refractivity contribution in [2.24, 2.45) is 0 Å². The van der Waals surface area contributed by atoms with Crippen LogP contribution in [0, 0.1) is 27.7 Å². The summed E-state index contributed by atoms with van der Waals surface area (Å²) in [6, 6.07) is 17.0. The van der Waals surface area contributed by atoms with Crippen LogP contribution < -0.4 is 0 Å². The topological polar surface area (TPSA) is 0 Å². The highest BCUT2D eigenvalue weighted by atomic mass is 13.9. The van der Waals surface area contributed by atoms with Gasteiger partial charge in [0.05, 0.1) is 0 Å². The van der Waals surface area contributed by atoms with E-state index < -0.39 is 0 Å². The van der Waals surface area contributed by atoms with Crippen molar-refractivity contribution in [3.8, 4) is 0 Å². The smallest absolute Gasteiger partial charge is 0.0398 e. The predicted octanol–water partition coefficient (Wildman–Crippen LogP) is 29.2. The van der Waals surface area contributed by atoms with E-state index in [1.54, 1.807) is 0 Å². The molecule has 0 heterocycles. The fraction of sp³-hybridized carbons (Fsp3) is 0.812. The Morgan fingerprint density at radius 2 is 0.141 bits per heavy atom. The molecule has 0 aromatic heterocycles. The molecule has 0 aliphatic heterocycles. The lowest BCUT2D eigenvalue weighted by Crippen LogP contribution is -1.70. The Hall–Kier alpha value is -1.56. The number of hydrogen-bond acceptors (Lipinski definition) is 0. The third-order valence-corrected chi connectivity index (χ3v) is 2.44. The van der Waals surface area contributed by atoms with Gasteiger partial charge >= 0.3 is 0 Å². The molecular formula is C64H164. The Morgan fingerprint density at radius 1 is 0.109 bits per heavy atom. The van der Waals surface area contributed by atoms with Crippen molar-refractivity contribution in [2.75, 3.05) is 0 Å². The van der Waals surface area contributed by atoms with Gasteiger partial charge in [-0.05, 0) is 27.7 Å². The van der Waals surface area contributed by atoms with Crippen molar-refractivity contribution in [3.05, 3.63) is 70.8 Å². The Bertz CT molecular complexity index is 321. The zero-order valence-corrected chi connectivity index (χ0v) is 58.6. The number of benzene rings is 2. The monoisotopic (exact) mass is 933 g/mol. The second-order valence-electron chi connectivity index (χ2n) is 4.31. The molecule has 0 atom stereocenters. The Kier molecular flexibility index (Phi) is 1650. The van der Waals surface area contributed by atoms with E-state index >= 15 is 0 Å². The van der Waals surface area contributed by atoms with Crippen molar-refractivity contribution in [1.82, 2.24) is 0 Å². The summed E-state index contributed by atoms with van der Waals surface area (Å²) in [5.74, 6) is 0. The van der Waals surface area contributed by atoms with Gasteiger partial charge in [-0.2, -0.15) is 0 Å². The van der Waals surface area contributed by atoms with E-state index in [1.807, 2.05) is 332 Å². The molecule has 0 spiro atoms. The van der Waals surface area contributed by atoms with Crippen molar-refractivity contribution in [1.29, 1.82) is 0 Å². The van der Waals surface area contributed by atoms with Gasteiger partial charge in [0, 0.05) is 0 Å². The van der Waals surface area contributed by atoms with Gasteiger partial charge < -0.3 is 0 Å². The van der Waals surface area contributed by atoms with Crippen LogP contribution in [-0.4, -0.2) is 0 Å². The minimum Gasteiger partial charge on any atom is -0.0683 e. The maximum absolute atomic E-state index is 2.12. The standard InChI is InChI=1S/2C8H10.24C2H6/c2*1-7-3-5-8(2)6-4-7;24*1-2/h2*3-6H,1-2H3;24*1-2H3. The summed E-state index contributed by atoms with van der Waals surface area (Å²) in [5.41, 5.74) is 5.32. The molecule has 2 aromatic rings. The molecule has 420 valence electrons. The van der Waals surface area contributed by atoms with Crippen LogP contribution in [0.15, 0.2) is 48.5 Å². The molecule has 0 bridgehead atoms. The Balaban J connectivity index is -0.0000000122. The second-order valence-corrected chi connectivity index (χ2v) is 4.31. The molecule has 0 saturated carbocycles. The molecule has 0 amide bonds. The molecule has 0 nitrogen and oxygen atoms in total. The lowest BCUT2D eigenvalue weighted by atomic mass is 10.2. The first-order valence-electron chi connectivity index (χ1n) is 29.6. The molecule has 0 heteroatoms. The second kappa shape index (κ2) is 660. The van der Waals surface area contributed by atoms with Gasteiger partial charge in [0.1, 0.15) is 0 Å². The summed E-state index contributed by atoms with van der Waals surface area (Å²) in [5, 5.41) is 0. The zero-order valence-electron chi connectivity index (χ0n) is 58.6. The minimum absolute atomic E-state index is 1.33. The molecule has 0 unspecified atom stereocenters. The van der Waals surface area contributed by atoms with Gasteiger partial charge in [0.2, 0.25) is 0 Å². The van der Waals surface area contributed by atoms with Crippen LogP contribution in [0.2, 0.25) is 0 Å². The van der Waals surface area contributed by atoms with Crippen LogP contribution in [0.4, 0.5) is 0 Å². The number of aryl methyl sites for hydroxylation is 4. The van der Waals surface area contributed by atoms with E-state index in [1.165, 1.54) is 22.3 Å². The van der Waals surface area contributed by atoms with E-state index in [4.69, 9.17) is 0 Å². The minimum atomic E-state index is 1.33. The Morgan fingerprint density at radius 3 is 0.172 bits per heavy atom. The SMILES string of the molecule is CC.CC.CC.CC.CC.CC.CC.CC.CC.CC.CC.CC.CC.CC.CC.CC.CC.CC.CC.CC.CC.CC.CC.CC.Cc1ccc(C)cc1.Cc1ccc(C)cc1. The Labute approximate surface area is 429 Å². The summed E-state index contributed by atoms with van der Waals surface area (Å²) in [6.45, 7) is 104. The van der Waals surface area contributed by atoms with E-state index in [0.717, 1.165) is 0 Å². The molecule has 2 rings (SSSR count). The molecule has 0 aliphatic carbocycles. The lowest BCUT2D eigenvalue weighted by molar-refractivity contribution is 1.40. The maximum atomic E-state index is 2.12. The first kappa shape index (κ1) is 160. The molecule has 0 aliphatic rings. The van der Waals surface area contributed by atoms with Crippen LogP contribution in [0.1, 0.15) is 355 Å². The fourth-order valence-electron chi connectivity index (χ4n) is 1.27. The molecular weight excluding hydrogens is 769 g/mol. The van der Waals surface area contributed by atoms with Crippen molar-refractivity contribution < 1.29 is 0 Å². The van der Waals surface area contributed by atoms with Gasteiger partial charge in [-0.15, -0.1) is 0 Å². The quantitative estimate of drug-likeness (QED) is 0.247. The predicted molar refractivity (Wildman–Crippen MR) is 344 cm³/mol. The summed E-state index contributed by atoms with van der Waals surface area (Å²) in [6.07, 6.45) is 0. The molecule has 0 saturated heterocycles. The van der Waals surface area contributed by atoms with Crippen LogP contribution in [-0.2, 0) is 0 Å². The average molecular weight is 934 g/mol. The van der Waals surface area contributed by atoms with Crippen molar-refractivity contribution >= 4 is 0 Å². The van der Waals surface area contributed by atoms with Crippen molar-refractivity contribution in [3.63, 3.8) is 0 Å². The van der Waals surface area contributed by atoms with Crippen molar-refractivity contribution in [2.45, 2.75) is 360 Å². The molecule has 0 N–H and O–H groups in total. The van der Waals surface area contributed by atoms with Crippen LogP contribution in [0.5, 0.6) is 0 Å². The largest absolute Gasteiger partial charge is 0.0683 e. The molecule has 64 heavy (non-hydrogen) atoms. The summed E-state index contributed by atoms with van der Waals surface area (Å²) < 4.78 is 0. The van der Waals surface area contributed by atoms with Gasteiger partial charge in [-0.1, -0.05) is 403 Å².